The Labute approximate surface area is 278 Å². The molecule has 0 rings (SSSR count). The standard InChI is InChI=1S/C37H76N4O4/c1-5-9-11-13-15-17-19-21-23-25-28-38-36(44)34(42)32-41(31-27-30-40(7-3)8-4)33-35(43)37(45)39-29-26-24-22-20-18-16-14-12-10-6-2/h34-35,42-43H,5-33H2,1-4H3,(H,38,44)(H,39,45). The molecule has 0 aliphatic carbocycles. The van der Waals surface area contributed by atoms with Crippen LogP contribution in [0.3, 0.4) is 0 Å². The van der Waals surface area contributed by atoms with Gasteiger partial charge < -0.3 is 25.7 Å². The minimum Gasteiger partial charge on any atom is -0.382 e. The molecule has 4 N–H and O–H groups in total. The van der Waals surface area contributed by atoms with Crippen molar-refractivity contribution in [3.05, 3.63) is 0 Å². The fourth-order valence-electron chi connectivity index (χ4n) is 5.85. The fourth-order valence-corrected chi connectivity index (χ4v) is 5.85. The molecule has 0 radical (unpaired) electrons. The maximum Gasteiger partial charge on any atom is 0.250 e. The van der Waals surface area contributed by atoms with Gasteiger partial charge in [0.15, 0.2) is 0 Å². The largest absolute Gasteiger partial charge is 0.382 e. The predicted molar refractivity (Wildman–Crippen MR) is 191 cm³/mol. The van der Waals surface area contributed by atoms with Crippen LogP contribution >= 0.6 is 0 Å². The average Bonchev–Trinajstić information content (AvgIpc) is 3.04. The van der Waals surface area contributed by atoms with Crippen LogP contribution < -0.4 is 10.6 Å². The Kier molecular flexibility index (Phi) is 31.8. The lowest BCUT2D eigenvalue weighted by Gasteiger charge is -2.28. The molecule has 268 valence electrons. The van der Waals surface area contributed by atoms with Crippen molar-refractivity contribution in [3.8, 4) is 0 Å². The van der Waals surface area contributed by atoms with E-state index in [1.54, 1.807) is 0 Å². The zero-order valence-electron chi connectivity index (χ0n) is 30.3. The molecule has 0 aromatic heterocycles. The molecule has 0 aliphatic heterocycles. The van der Waals surface area contributed by atoms with Crippen LogP contribution in [0.5, 0.6) is 0 Å². The van der Waals surface area contributed by atoms with E-state index < -0.39 is 12.2 Å². The van der Waals surface area contributed by atoms with E-state index in [-0.39, 0.29) is 24.9 Å². The summed E-state index contributed by atoms with van der Waals surface area (Å²) >= 11 is 0. The third kappa shape index (κ3) is 27.6. The number of nitrogens with zero attached hydrogens (tertiary/aromatic N) is 2. The fraction of sp³-hybridized carbons (Fsp3) is 0.946. The van der Waals surface area contributed by atoms with Gasteiger partial charge in [0.05, 0.1) is 0 Å². The first-order valence-corrected chi connectivity index (χ1v) is 19.3. The quantitative estimate of drug-likeness (QED) is 0.0576. The van der Waals surface area contributed by atoms with Gasteiger partial charge in [0.1, 0.15) is 12.2 Å². The van der Waals surface area contributed by atoms with Crippen molar-refractivity contribution in [2.24, 2.45) is 0 Å². The topological polar surface area (TPSA) is 105 Å². The van der Waals surface area contributed by atoms with Crippen molar-refractivity contribution in [2.75, 3.05) is 52.4 Å². The van der Waals surface area contributed by atoms with Crippen LogP contribution in [0.1, 0.15) is 163 Å². The van der Waals surface area contributed by atoms with Gasteiger partial charge >= 0.3 is 0 Å². The molecule has 8 nitrogen and oxygen atoms in total. The molecule has 2 amide bonds. The smallest absolute Gasteiger partial charge is 0.250 e. The summed E-state index contributed by atoms with van der Waals surface area (Å²) in [5, 5.41) is 27.1. The molecule has 8 heteroatoms. The van der Waals surface area contributed by atoms with Crippen molar-refractivity contribution in [1.29, 1.82) is 0 Å². The molecule has 45 heavy (non-hydrogen) atoms. The monoisotopic (exact) mass is 641 g/mol. The second kappa shape index (κ2) is 32.7. The molecule has 0 heterocycles. The third-order valence-corrected chi connectivity index (χ3v) is 8.97. The summed E-state index contributed by atoms with van der Waals surface area (Å²) in [4.78, 5) is 29.4. The van der Waals surface area contributed by atoms with Gasteiger partial charge in [-0.15, -0.1) is 0 Å². The Hall–Kier alpha value is -1.22. The first kappa shape index (κ1) is 43.8. The van der Waals surface area contributed by atoms with Gasteiger partial charge in [0.2, 0.25) is 11.8 Å². The summed E-state index contributed by atoms with van der Waals surface area (Å²) in [6.45, 7) is 13.5. The van der Waals surface area contributed by atoms with E-state index in [1.165, 1.54) is 103 Å². The van der Waals surface area contributed by atoms with Gasteiger partial charge in [-0.3, -0.25) is 14.5 Å². The molecule has 0 saturated carbocycles. The third-order valence-electron chi connectivity index (χ3n) is 8.97. The molecule has 0 spiro atoms. The summed E-state index contributed by atoms with van der Waals surface area (Å²) in [7, 11) is 0. The summed E-state index contributed by atoms with van der Waals surface area (Å²) in [5.74, 6) is -0.751. The minimum atomic E-state index is -1.19. The Morgan fingerprint density at radius 3 is 1.11 bits per heavy atom. The zero-order valence-corrected chi connectivity index (χ0v) is 30.3. The molecule has 2 unspecified atom stereocenters. The Balaban J connectivity index is 4.40. The maximum absolute atomic E-state index is 12.6. The number of carbonyl (C=O) groups excluding carboxylic acids is 2. The van der Waals surface area contributed by atoms with E-state index in [9.17, 15) is 19.8 Å². The number of hydrogen-bond acceptors (Lipinski definition) is 6. The Bertz CT molecular complexity index is 616. The van der Waals surface area contributed by atoms with E-state index in [4.69, 9.17) is 0 Å². The number of hydrogen-bond donors (Lipinski definition) is 4. The number of aliphatic hydroxyl groups excluding tert-OH is 2. The lowest BCUT2D eigenvalue weighted by molar-refractivity contribution is -0.132. The van der Waals surface area contributed by atoms with Gasteiger partial charge in [-0.05, 0) is 45.4 Å². The molecular weight excluding hydrogens is 564 g/mol. The minimum absolute atomic E-state index is 0.102. The molecule has 0 aromatic rings. The number of rotatable bonds is 34. The van der Waals surface area contributed by atoms with E-state index in [0.717, 1.165) is 51.7 Å². The van der Waals surface area contributed by atoms with E-state index in [2.05, 4.69) is 43.2 Å². The van der Waals surface area contributed by atoms with Crippen molar-refractivity contribution in [3.63, 3.8) is 0 Å². The molecule has 0 saturated heterocycles. The molecule has 0 fully saturated rings. The molecule has 0 bridgehead atoms. The Morgan fingerprint density at radius 1 is 0.467 bits per heavy atom. The van der Waals surface area contributed by atoms with Gasteiger partial charge in [-0.2, -0.15) is 0 Å². The second-order valence-electron chi connectivity index (χ2n) is 13.1. The highest BCUT2D eigenvalue weighted by Gasteiger charge is 2.23. The predicted octanol–water partition coefficient (Wildman–Crippen LogP) is 6.82. The van der Waals surface area contributed by atoms with Crippen LogP contribution in [0.25, 0.3) is 0 Å². The Morgan fingerprint density at radius 2 is 0.778 bits per heavy atom. The highest BCUT2D eigenvalue weighted by molar-refractivity contribution is 5.81. The van der Waals surface area contributed by atoms with Crippen LogP contribution in [0, 0.1) is 0 Å². The second-order valence-corrected chi connectivity index (χ2v) is 13.1. The van der Waals surface area contributed by atoms with Crippen molar-refractivity contribution >= 4 is 11.8 Å². The van der Waals surface area contributed by atoms with Gasteiger partial charge in [-0.25, -0.2) is 0 Å². The lowest BCUT2D eigenvalue weighted by Crippen LogP contribution is -2.48. The molecule has 0 aliphatic rings. The number of amides is 2. The van der Waals surface area contributed by atoms with Crippen molar-refractivity contribution in [1.82, 2.24) is 20.4 Å². The maximum atomic E-state index is 12.6. The number of aliphatic hydroxyl groups is 2. The average molecular weight is 641 g/mol. The van der Waals surface area contributed by atoms with E-state index in [1.807, 2.05) is 4.90 Å². The van der Waals surface area contributed by atoms with Crippen LogP contribution in [-0.4, -0.2) is 96.4 Å². The summed E-state index contributed by atoms with van der Waals surface area (Å²) in [5.41, 5.74) is 0. The van der Waals surface area contributed by atoms with Gasteiger partial charge in [-0.1, -0.05) is 143 Å². The van der Waals surface area contributed by atoms with Crippen LogP contribution in [0.4, 0.5) is 0 Å². The highest BCUT2D eigenvalue weighted by Crippen LogP contribution is 2.11. The van der Waals surface area contributed by atoms with Crippen LogP contribution in [-0.2, 0) is 9.59 Å². The first-order valence-electron chi connectivity index (χ1n) is 19.3. The SMILES string of the molecule is CCCCCCCCCCCCNC(=O)C(O)CN(CCCN(CC)CC)CC(O)C(=O)NCCCCCCCCCCCC. The van der Waals surface area contributed by atoms with Crippen molar-refractivity contribution in [2.45, 2.75) is 175 Å². The van der Waals surface area contributed by atoms with E-state index >= 15 is 0 Å². The van der Waals surface area contributed by atoms with E-state index in [0.29, 0.717) is 19.6 Å². The number of carbonyl (C=O) groups is 2. The number of unbranched alkanes of at least 4 members (excludes halogenated alkanes) is 18. The van der Waals surface area contributed by atoms with Gasteiger partial charge in [0.25, 0.3) is 0 Å². The van der Waals surface area contributed by atoms with Gasteiger partial charge in [0, 0.05) is 26.2 Å². The zero-order chi connectivity index (χ0) is 33.4. The first-order chi connectivity index (χ1) is 21.9. The molecule has 2 atom stereocenters. The summed E-state index contributed by atoms with van der Waals surface area (Å²) in [6.07, 6.45) is 23.2. The molecule has 0 aromatic carbocycles. The summed E-state index contributed by atoms with van der Waals surface area (Å²) < 4.78 is 0. The highest BCUT2D eigenvalue weighted by atomic mass is 16.3. The molecular formula is C37H76N4O4. The number of nitrogens with one attached hydrogen (secondary N) is 2. The van der Waals surface area contributed by atoms with Crippen LogP contribution in [0.15, 0.2) is 0 Å². The summed E-state index contributed by atoms with van der Waals surface area (Å²) in [6, 6.07) is 0. The van der Waals surface area contributed by atoms with Crippen LogP contribution in [0.2, 0.25) is 0 Å². The normalized spacial score (nSPS) is 13.0. The lowest BCUT2D eigenvalue weighted by atomic mass is 10.1. The van der Waals surface area contributed by atoms with Crippen molar-refractivity contribution < 1.29 is 19.8 Å².